The fourth-order valence-electron chi connectivity index (χ4n) is 0.512. The van der Waals surface area contributed by atoms with Crippen LogP contribution in [0.5, 0.6) is 0 Å². The molecular formula is C9H13FO. The van der Waals surface area contributed by atoms with Gasteiger partial charge in [0.05, 0.1) is 7.11 Å². The lowest BCUT2D eigenvalue weighted by atomic mass is 10.3. The first-order valence-corrected chi connectivity index (χ1v) is 3.32. The predicted molar refractivity (Wildman–Crippen MR) is 44.8 cm³/mol. The van der Waals surface area contributed by atoms with E-state index >= 15 is 0 Å². The van der Waals surface area contributed by atoms with E-state index in [9.17, 15) is 4.39 Å². The number of halogens is 1. The van der Waals surface area contributed by atoms with Crippen molar-refractivity contribution in [3.63, 3.8) is 0 Å². The van der Waals surface area contributed by atoms with E-state index < -0.39 is 5.83 Å². The van der Waals surface area contributed by atoms with Gasteiger partial charge in [-0.25, -0.2) is 4.39 Å². The number of allylic oxidation sites excluding steroid dienone is 4. The van der Waals surface area contributed by atoms with Crippen LogP contribution < -0.4 is 0 Å². The molecule has 0 amide bonds. The molecule has 0 bridgehead atoms. The Kier molecular flexibility index (Phi) is 4.27. The van der Waals surface area contributed by atoms with Crippen LogP contribution in [0.25, 0.3) is 0 Å². The van der Waals surface area contributed by atoms with Crippen molar-refractivity contribution in [2.24, 2.45) is 0 Å². The fraction of sp³-hybridized carbons (Fsp3) is 0.333. The average Bonchev–Trinajstić information content (AvgIpc) is 1.87. The highest BCUT2D eigenvalue weighted by Crippen LogP contribution is 2.09. The van der Waals surface area contributed by atoms with Crippen molar-refractivity contribution in [1.82, 2.24) is 0 Å². The minimum absolute atomic E-state index is 0.172. The van der Waals surface area contributed by atoms with Crippen molar-refractivity contribution < 1.29 is 9.13 Å². The second-order valence-corrected chi connectivity index (χ2v) is 2.38. The van der Waals surface area contributed by atoms with Crippen LogP contribution in [0.15, 0.2) is 35.9 Å². The molecule has 0 rings (SSSR count). The molecule has 0 fully saturated rings. The van der Waals surface area contributed by atoms with Crippen LogP contribution in [0.1, 0.15) is 13.8 Å². The van der Waals surface area contributed by atoms with E-state index in [1.807, 2.05) is 13.8 Å². The number of methoxy groups -OCH3 is 1. The lowest BCUT2D eigenvalue weighted by molar-refractivity contribution is 0.284. The summed E-state index contributed by atoms with van der Waals surface area (Å²) in [5.74, 6) is -0.379. The summed E-state index contributed by atoms with van der Waals surface area (Å²) in [6.07, 6.45) is 3.32. The van der Waals surface area contributed by atoms with E-state index in [0.717, 1.165) is 5.57 Å². The smallest absolute Gasteiger partial charge is 0.157 e. The van der Waals surface area contributed by atoms with Gasteiger partial charge in [0.25, 0.3) is 0 Å². The molecule has 2 heteroatoms. The Labute approximate surface area is 66.9 Å². The van der Waals surface area contributed by atoms with Crippen LogP contribution in [0, 0.1) is 0 Å². The number of hydrogen-bond acceptors (Lipinski definition) is 1. The third-order valence-corrected chi connectivity index (χ3v) is 1.06. The summed E-state index contributed by atoms with van der Waals surface area (Å²) in [4.78, 5) is 0. The highest BCUT2D eigenvalue weighted by molar-refractivity contribution is 5.22. The molecule has 0 radical (unpaired) electrons. The molecule has 0 aromatic heterocycles. The third kappa shape index (κ3) is 4.37. The lowest BCUT2D eigenvalue weighted by Gasteiger charge is -1.99. The lowest BCUT2D eigenvalue weighted by Crippen LogP contribution is -1.84. The number of rotatable bonds is 3. The molecule has 0 unspecified atom stereocenters. The maximum atomic E-state index is 12.4. The Balaban J connectivity index is 4.37. The van der Waals surface area contributed by atoms with Crippen molar-refractivity contribution in [2.45, 2.75) is 13.8 Å². The van der Waals surface area contributed by atoms with Gasteiger partial charge in [0, 0.05) is 0 Å². The van der Waals surface area contributed by atoms with Crippen LogP contribution in [0.2, 0.25) is 0 Å². The summed E-state index contributed by atoms with van der Waals surface area (Å²) in [5, 5.41) is 0. The SMILES string of the molecule is C=C(F)/C(=C\C=C(C)C)OC. The summed E-state index contributed by atoms with van der Waals surface area (Å²) in [7, 11) is 1.41. The first kappa shape index (κ1) is 9.95. The Bertz CT molecular complexity index is 198. The van der Waals surface area contributed by atoms with Crippen LogP contribution >= 0.6 is 0 Å². The average molecular weight is 156 g/mol. The Morgan fingerprint density at radius 1 is 1.36 bits per heavy atom. The van der Waals surface area contributed by atoms with Crippen molar-refractivity contribution in [2.75, 3.05) is 7.11 Å². The first-order valence-electron chi connectivity index (χ1n) is 3.32. The monoisotopic (exact) mass is 156 g/mol. The Hall–Kier alpha value is -1.05. The van der Waals surface area contributed by atoms with E-state index in [-0.39, 0.29) is 5.76 Å². The molecule has 62 valence electrons. The van der Waals surface area contributed by atoms with Gasteiger partial charge in [0.1, 0.15) is 0 Å². The van der Waals surface area contributed by atoms with Crippen molar-refractivity contribution >= 4 is 0 Å². The molecule has 0 saturated carbocycles. The third-order valence-electron chi connectivity index (χ3n) is 1.06. The Morgan fingerprint density at radius 3 is 2.18 bits per heavy atom. The molecule has 0 spiro atoms. The van der Waals surface area contributed by atoms with Gasteiger partial charge in [-0.15, -0.1) is 0 Å². The van der Waals surface area contributed by atoms with Gasteiger partial charge in [0.15, 0.2) is 11.6 Å². The van der Waals surface area contributed by atoms with Gasteiger partial charge in [-0.3, -0.25) is 0 Å². The molecule has 0 aliphatic rings. The zero-order valence-corrected chi connectivity index (χ0v) is 7.15. The molecule has 0 aromatic carbocycles. The first-order chi connectivity index (χ1) is 5.07. The van der Waals surface area contributed by atoms with Gasteiger partial charge in [-0.05, 0) is 19.9 Å². The molecular weight excluding hydrogens is 143 g/mol. The summed E-state index contributed by atoms with van der Waals surface area (Å²) in [6.45, 7) is 6.96. The zero-order chi connectivity index (χ0) is 8.85. The van der Waals surface area contributed by atoms with Crippen LogP contribution in [0.4, 0.5) is 4.39 Å². The van der Waals surface area contributed by atoms with Crippen molar-refractivity contribution in [3.05, 3.63) is 35.9 Å². The molecule has 0 heterocycles. The standard InChI is InChI=1S/C9H13FO/c1-7(2)5-6-9(11-4)8(3)10/h5-6H,3H2,1-2,4H3/b9-6+. The zero-order valence-electron chi connectivity index (χ0n) is 7.15. The highest BCUT2D eigenvalue weighted by Gasteiger charge is 1.97. The van der Waals surface area contributed by atoms with E-state index in [4.69, 9.17) is 4.74 Å². The topological polar surface area (TPSA) is 9.23 Å². The maximum Gasteiger partial charge on any atom is 0.157 e. The minimum atomic E-state index is -0.551. The van der Waals surface area contributed by atoms with Gasteiger partial charge in [0.2, 0.25) is 0 Å². The quantitative estimate of drug-likeness (QED) is 0.451. The summed E-state index contributed by atoms with van der Waals surface area (Å²) >= 11 is 0. The second kappa shape index (κ2) is 4.72. The molecule has 0 atom stereocenters. The predicted octanol–water partition coefficient (Wildman–Crippen LogP) is 2.97. The molecule has 0 saturated heterocycles. The normalized spacial score (nSPS) is 10.7. The molecule has 1 nitrogen and oxygen atoms in total. The molecule has 11 heavy (non-hydrogen) atoms. The van der Waals surface area contributed by atoms with E-state index in [0.29, 0.717) is 0 Å². The number of ether oxygens (including phenoxy) is 1. The van der Waals surface area contributed by atoms with Gasteiger partial charge in [-0.1, -0.05) is 18.2 Å². The summed E-state index contributed by atoms with van der Waals surface area (Å²) < 4.78 is 17.1. The van der Waals surface area contributed by atoms with Crippen molar-refractivity contribution in [1.29, 1.82) is 0 Å². The van der Waals surface area contributed by atoms with E-state index in [1.54, 1.807) is 12.2 Å². The summed E-state index contributed by atoms with van der Waals surface area (Å²) in [5.41, 5.74) is 1.08. The maximum absolute atomic E-state index is 12.4. The second-order valence-electron chi connectivity index (χ2n) is 2.38. The Morgan fingerprint density at radius 2 is 1.91 bits per heavy atom. The van der Waals surface area contributed by atoms with Crippen LogP contribution in [0.3, 0.4) is 0 Å². The fourth-order valence-corrected chi connectivity index (χ4v) is 0.512. The van der Waals surface area contributed by atoms with E-state index in [1.165, 1.54) is 7.11 Å². The molecule has 0 aliphatic carbocycles. The van der Waals surface area contributed by atoms with Crippen LogP contribution in [-0.2, 0) is 4.74 Å². The minimum Gasteiger partial charge on any atom is -0.494 e. The molecule has 0 aliphatic heterocycles. The highest BCUT2D eigenvalue weighted by atomic mass is 19.1. The molecule has 0 N–H and O–H groups in total. The van der Waals surface area contributed by atoms with E-state index in [2.05, 4.69) is 6.58 Å². The largest absolute Gasteiger partial charge is 0.494 e. The van der Waals surface area contributed by atoms with Gasteiger partial charge < -0.3 is 4.74 Å². The number of hydrogen-bond donors (Lipinski definition) is 0. The van der Waals surface area contributed by atoms with Crippen LogP contribution in [-0.4, -0.2) is 7.11 Å². The van der Waals surface area contributed by atoms with Gasteiger partial charge >= 0.3 is 0 Å². The summed E-state index contributed by atoms with van der Waals surface area (Å²) in [6, 6.07) is 0. The van der Waals surface area contributed by atoms with Gasteiger partial charge in [-0.2, -0.15) is 0 Å². The van der Waals surface area contributed by atoms with Crippen molar-refractivity contribution in [3.8, 4) is 0 Å². The molecule has 0 aromatic rings.